The zero-order valence-corrected chi connectivity index (χ0v) is 11.9. The number of carbonyl (C=O) groups is 2. The minimum Gasteiger partial charge on any atom is -0.397 e. The van der Waals surface area contributed by atoms with Crippen LogP contribution in [0.25, 0.3) is 0 Å². The monoisotopic (exact) mass is 294 g/mol. The Morgan fingerprint density at radius 3 is 2.95 bits per heavy atom. The number of hydrogen-bond donors (Lipinski definition) is 3. The molecule has 1 unspecified atom stereocenters. The smallest absolute Gasteiger partial charge is 0.238 e. The SMILES string of the molecule is CNC(=O)C1CCCN1CC(=O)Nc1cc(F)ccc1N. The predicted octanol–water partition coefficient (Wildman–Crippen LogP) is 0.557. The number of likely N-dealkylation sites (tertiary alicyclic amines) is 1. The molecule has 1 aromatic carbocycles. The molecule has 21 heavy (non-hydrogen) atoms. The number of nitrogens with two attached hydrogens (primary N) is 1. The van der Waals surface area contributed by atoms with Gasteiger partial charge in [-0.05, 0) is 37.6 Å². The van der Waals surface area contributed by atoms with Gasteiger partial charge in [0.05, 0.1) is 24.0 Å². The van der Waals surface area contributed by atoms with E-state index in [1.807, 2.05) is 4.90 Å². The van der Waals surface area contributed by atoms with Gasteiger partial charge in [-0.25, -0.2) is 4.39 Å². The van der Waals surface area contributed by atoms with Crippen LogP contribution < -0.4 is 16.4 Å². The molecule has 0 spiro atoms. The summed E-state index contributed by atoms with van der Waals surface area (Å²) in [6.07, 6.45) is 1.60. The van der Waals surface area contributed by atoms with E-state index in [-0.39, 0.29) is 30.1 Å². The van der Waals surface area contributed by atoms with Crippen molar-refractivity contribution in [1.29, 1.82) is 0 Å². The van der Waals surface area contributed by atoms with Crippen molar-refractivity contribution < 1.29 is 14.0 Å². The van der Waals surface area contributed by atoms with Crippen molar-refractivity contribution in [3.63, 3.8) is 0 Å². The van der Waals surface area contributed by atoms with Crippen molar-refractivity contribution in [3.05, 3.63) is 24.0 Å². The summed E-state index contributed by atoms with van der Waals surface area (Å²) in [5.74, 6) is -0.877. The second-order valence-corrected chi connectivity index (χ2v) is 5.02. The Morgan fingerprint density at radius 2 is 2.24 bits per heavy atom. The first-order valence-electron chi connectivity index (χ1n) is 6.82. The summed E-state index contributed by atoms with van der Waals surface area (Å²) in [5.41, 5.74) is 6.23. The Balaban J connectivity index is 1.98. The minimum absolute atomic E-state index is 0.0774. The average Bonchev–Trinajstić information content (AvgIpc) is 2.90. The molecule has 1 aromatic rings. The number of likely N-dealkylation sites (N-methyl/N-ethyl adjacent to an activating group) is 1. The van der Waals surface area contributed by atoms with Crippen LogP contribution in [0.3, 0.4) is 0 Å². The fourth-order valence-corrected chi connectivity index (χ4v) is 2.49. The number of amides is 2. The molecule has 1 heterocycles. The summed E-state index contributed by atoms with van der Waals surface area (Å²) in [7, 11) is 1.58. The van der Waals surface area contributed by atoms with Crippen molar-refractivity contribution in [3.8, 4) is 0 Å². The van der Waals surface area contributed by atoms with Crippen molar-refractivity contribution in [2.45, 2.75) is 18.9 Å². The maximum Gasteiger partial charge on any atom is 0.238 e. The Bertz CT molecular complexity index is 550. The van der Waals surface area contributed by atoms with Crippen LogP contribution in [-0.4, -0.2) is 42.9 Å². The molecule has 4 N–H and O–H groups in total. The summed E-state index contributed by atoms with van der Waals surface area (Å²) >= 11 is 0. The summed E-state index contributed by atoms with van der Waals surface area (Å²) in [6, 6.07) is 3.51. The molecule has 0 radical (unpaired) electrons. The Morgan fingerprint density at radius 1 is 1.48 bits per heavy atom. The van der Waals surface area contributed by atoms with Gasteiger partial charge in [0, 0.05) is 7.05 Å². The Kier molecular flexibility index (Phi) is 4.74. The number of benzene rings is 1. The number of nitrogen functional groups attached to an aromatic ring is 1. The van der Waals surface area contributed by atoms with E-state index in [4.69, 9.17) is 5.73 Å². The molecule has 0 aliphatic carbocycles. The lowest BCUT2D eigenvalue weighted by Crippen LogP contribution is -2.45. The molecule has 7 heteroatoms. The number of anilines is 2. The van der Waals surface area contributed by atoms with Crippen molar-refractivity contribution in [2.75, 3.05) is 31.2 Å². The number of nitrogens with zero attached hydrogens (tertiary/aromatic N) is 1. The largest absolute Gasteiger partial charge is 0.397 e. The van der Waals surface area contributed by atoms with E-state index in [1.165, 1.54) is 18.2 Å². The van der Waals surface area contributed by atoms with E-state index in [2.05, 4.69) is 10.6 Å². The maximum absolute atomic E-state index is 13.1. The number of hydrogen-bond acceptors (Lipinski definition) is 4. The van der Waals surface area contributed by atoms with Gasteiger partial charge < -0.3 is 16.4 Å². The van der Waals surface area contributed by atoms with E-state index in [1.54, 1.807) is 7.05 Å². The molecule has 6 nitrogen and oxygen atoms in total. The molecule has 0 bridgehead atoms. The van der Waals surface area contributed by atoms with Gasteiger partial charge in [0.1, 0.15) is 5.82 Å². The lowest BCUT2D eigenvalue weighted by Gasteiger charge is -2.22. The van der Waals surface area contributed by atoms with Crippen molar-refractivity contribution >= 4 is 23.2 Å². The lowest BCUT2D eigenvalue weighted by atomic mass is 10.2. The predicted molar refractivity (Wildman–Crippen MR) is 78.1 cm³/mol. The molecule has 2 amide bonds. The normalized spacial score (nSPS) is 18.5. The first-order chi connectivity index (χ1) is 10.0. The van der Waals surface area contributed by atoms with Gasteiger partial charge in [0.25, 0.3) is 0 Å². The highest BCUT2D eigenvalue weighted by Crippen LogP contribution is 2.20. The molecule has 1 fully saturated rings. The van der Waals surface area contributed by atoms with Crippen LogP contribution in [0.2, 0.25) is 0 Å². The molecule has 0 saturated carbocycles. The highest BCUT2D eigenvalue weighted by atomic mass is 19.1. The van der Waals surface area contributed by atoms with Gasteiger partial charge in [0.15, 0.2) is 0 Å². The lowest BCUT2D eigenvalue weighted by molar-refractivity contribution is -0.126. The topological polar surface area (TPSA) is 87.5 Å². The molecular weight excluding hydrogens is 275 g/mol. The van der Waals surface area contributed by atoms with Crippen molar-refractivity contribution in [2.24, 2.45) is 0 Å². The second kappa shape index (κ2) is 6.53. The van der Waals surface area contributed by atoms with Gasteiger partial charge in [0.2, 0.25) is 11.8 Å². The maximum atomic E-state index is 13.1. The van der Waals surface area contributed by atoms with Gasteiger partial charge in [-0.2, -0.15) is 0 Å². The first kappa shape index (κ1) is 15.2. The summed E-state index contributed by atoms with van der Waals surface area (Å²) in [4.78, 5) is 25.5. The number of carbonyl (C=O) groups excluding carboxylic acids is 2. The minimum atomic E-state index is -0.469. The van der Waals surface area contributed by atoms with Crippen molar-refractivity contribution in [1.82, 2.24) is 10.2 Å². The summed E-state index contributed by atoms with van der Waals surface area (Å²) in [6.45, 7) is 0.762. The third-order valence-corrected chi connectivity index (χ3v) is 3.55. The zero-order valence-electron chi connectivity index (χ0n) is 11.9. The standard InChI is InChI=1S/C14H19FN4O2/c1-17-14(21)12-3-2-6-19(12)8-13(20)18-11-7-9(15)4-5-10(11)16/h4-5,7,12H,2-3,6,8,16H2,1H3,(H,17,21)(H,18,20). The quantitative estimate of drug-likeness (QED) is 0.708. The van der Waals surface area contributed by atoms with Gasteiger partial charge >= 0.3 is 0 Å². The van der Waals surface area contributed by atoms with Crippen LogP contribution in [0.5, 0.6) is 0 Å². The third-order valence-electron chi connectivity index (χ3n) is 3.55. The highest BCUT2D eigenvalue weighted by molar-refractivity contribution is 5.95. The molecule has 1 aliphatic heterocycles. The molecule has 1 saturated heterocycles. The van der Waals surface area contributed by atoms with E-state index in [0.717, 1.165) is 12.8 Å². The van der Waals surface area contributed by atoms with E-state index >= 15 is 0 Å². The second-order valence-electron chi connectivity index (χ2n) is 5.02. The van der Waals surface area contributed by atoms with Gasteiger partial charge in [-0.3, -0.25) is 14.5 Å². The molecule has 1 aliphatic rings. The van der Waals surface area contributed by atoms with Crippen LogP contribution in [0.15, 0.2) is 18.2 Å². The van der Waals surface area contributed by atoms with E-state index in [9.17, 15) is 14.0 Å². The van der Waals surface area contributed by atoms with Crippen LogP contribution in [0, 0.1) is 5.82 Å². The van der Waals surface area contributed by atoms with Gasteiger partial charge in [-0.15, -0.1) is 0 Å². The fraction of sp³-hybridized carbons (Fsp3) is 0.429. The van der Waals surface area contributed by atoms with Crippen LogP contribution in [-0.2, 0) is 9.59 Å². The average molecular weight is 294 g/mol. The highest BCUT2D eigenvalue weighted by Gasteiger charge is 2.31. The third kappa shape index (κ3) is 3.69. The number of rotatable bonds is 4. The summed E-state index contributed by atoms with van der Waals surface area (Å²) < 4.78 is 13.1. The Labute approximate surface area is 122 Å². The zero-order chi connectivity index (χ0) is 15.4. The van der Waals surface area contributed by atoms with Crippen LogP contribution in [0.1, 0.15) is 12.8 Å². The number of halogens is 1. The Hall–Kier alpha value is -2.15. The van der Waals surface area contributed by atoms with Crippen LogP contribution in [0.4, 0.5) is 15.8 Å². The molecule has 114 valence electrons. The first-order valence-corrected chi connectivity index (χ1v) is 6.82. The van der Waals surface area contributed by atoms with E-state index < -0.39 is 5.82 Å². The molecule has 1 atom stereocenters. The molecule has 2 rings (SSSR count). The van der Waals surface area contributed by atoms with Crippen LogP contribution >= 0.6 is 0 Å². The number of nitrogens with one attached hydrogen (secondary N) is 2. The fourth-order valence-electron chi connectivity index (χ4n) is 2.49. The van der Waals surface area contributed by atoms with Gasteiger partial charge in [-0.1, -0.05) is 0 Å². The summed E-state index contributed by atoms with van der Waals surface area (Å²) in [5, 5.41) is 5.17. The molecular formula is C14H19FN4O2. The molecule has 0 aromatic heterocycles. The van der Waals surface area contributed by atoms with E-state index in [0.29, 0.717) is 12.2 Å².